The Balaban J connectivity index is 1.20. The van der Waals surface area contributed by atoms with Crippen molar-refractivity contribution >= 4 is 23.2 Å². The normalized spacial score (nSPS) is 21.6. The summed E-state index contributed by atoms with van der Waals surface area (Å²) in [4.78, 5) is 32.2. The Hall–Kier alpha value is -2.08. The van der Waals surface area contributed by atoms with E-state index in [2.05, 4.69) is 32.1 Å². The van der Waals surface area contributed by atoms with Crippen molar-refractivity contribution in [3.05, 3.63) is 24.3 Å². The molecule has 0 spiro atoms. The number of anilines is 2. The van der Waals surface area contributed by atoms with Gasteiger partial charge in [-0.1, -0.05) is 25.7 Å². The third-order valence-electron chi connectivity index (χ3n) is 7.34. The molecule has 6 nitrogen and oxygen atoms in total. The quantitative estimate of drug-likeness (QED) is 0.748. The van der Waals surface area contributed by atoms with Gasteiger partial charge in [0.25, 0.3) is 0 Å². The number of nitrogens with one attached hydrogen (secondary N) is 1. The second-order valence-electron chi connectivity index (χ2n) is 9.79. The monoisotopic (exact) mass is 440 g/mol. The van der Waals surface area contributed by atoms with Crippen LogP contribution in [0.3, 0.4) is 0 Å². The average molecular weight is 441 g/mol. The largest absolute Gasteiger partial charge is 0.372 e. The van der Waals surface area contributed by atoms with Crippen molar-refractivity contribution in [1.29, 1.82) is 0 Å². The van der Waals surface area contributed by atoms with Crippen LogP contribution in [-0.2, 0) is 9.59 Å². The van der Waals surface area contributed by atoms with Crippen molar-refractivity contribution in [2.24, 2.45) is 5.92 Å². The van der Waals surface area contributed by atoms with Crippen LogP contribution in [-0.4, -0.2) is 67.4 Å². The second-order valence-corrected chi connectivity index (χ2v) is 9.79. The molecule has 2 amide bonds. The maximum atomic E-state index is 12.9. The Morgan fingerprint density at radius 2 is 1.31 bits per heavy atom. The standard InChI is InChI=1S/C26H40N4O2/c31-25(27-23-9-11-24(12-10-23)29-15-5-1-2-6-16-29)21-28-19-13-22(14-20-28)26(32)30-17-7-3-4-8-18-30/h9-12,22H,1-8,13-21H2,(H,27,31). The Kier molecular flexibility index (Phi) is 8.43. The predicted molar refractivity (Wildman–Crippen MR) is 130 cm³/mol. The van der Waals surface area contributed by atoms with E-state index in [1.54, 1.807) is 0 Å². The molecule has 3 fully saturated rings. The van der Waals surface area contributed by atoms with Crippen molar-refractivity contribution in [1.82, 2.24) is 9.80 Å². The number of piperidine rings is 1. The van der Waals surface area contributed by atoms with Gasteiger partial charge in [0.1, 0.15) is 0 Å². The molecule has 0 saturated carbocycles. The van der Waals surface area contributed by atoms with Crippen molar-refractivity contribution in [2.45, 2.75) is 64.2 Å². The highest BCUT2D eigenvalue weighted by molar-refractivity contribution is 5.92. The molecule has 0 aromatic heterocycles. The molecular weight excluding hydrogens is 400 g/mol. The van der Waals surface area contributed by atoms with Crippen LogP contribution in [0.5, 0.6) is 0 Å². The predicted octanol–water partition coefficient (Wildman–Crippen LogP) is 4.12. The van der Waals surface area contributed by atoms with Crippen LogP contribution in [0.4, 0.5) is 11.4 Å². The lowest BCUT2D eigenvalue weighted by Crippen LogP contribution is -2.44. The van der Waals surface area contributed by atoms with Gasteiger partial charge in [0.05, 0.1) is 6.54 Å². The number of rotatable bonds is 5. The van der Waals surface area contributed by atoms with Crippen molar-refractivity contribution < 1.29 is 9.59 Å². The van der Waals surface area contributed by atoms with Gasteiger partial charge < -0.3 is 15.1 Å². The Morgan fingerprint density at radius 3 is 1.91 bits per heavy atom. The highest BCUT2D eigenvalue weighted by Gasteiger charge is 2.29. The summed E-state index contributed by atoms with van der Waals surface area (Å²) in [7, 11) is 0. The van der Waals surface area contributed by atoms with Gasteiger partial charge in [0.2, 0.25) is 11.8 Å². The zero-order valence-corrected chi connectivity index (χ0v) is 19.6. The molecule has 0 atom stereocenters. The number of amides is 2. The minimum absolute atomic E-state index is 0.0322. The third kappa shape index (κ3) is 6.47. The minimum atomic E-state index is 0.0322. The highest BCUT2D eigenvalue weighted by Crippen LogP contribution is 2.23. The number of hydrogen-bond acceptors (Lipinski definition) is 4. The fourth-order valence-corrected chi connectivity index (χ4v) is 5.38. The molecule has 1 aromatic carbocycles. The van der Waals surface area contributed by atoms with Gasteiger partial charge in [0.15, 0.2) is 0 Å². The van der Waals surface area contributed by atoms with Gasteiger partial charge in [-0.3, -0.25) is 14.5 Å². The van der Waals surface area contributed by atoms with Gasteiger partial charge in [-0.2, -0.15) is 0 Å². The molecule has 3 aliphatic heterocycles. The van der Waals surface area contributed by atoms with E-state index in [1.807, 2.05) is 12.1 Å². The molecule has 1 N–H and O–H groups in total. The van der Waals surface area contributed by atoms with E-state index in [0.717, 1.165) is 70.6 Å². The Bertz CT molecular complexity index is 727. The number of hydrogen-bond donors (Lipinski definition) is 1. The Morgan fingerprint density at radius 1 is 0.750 bits per heavy atom. The summed E-state index contributed by atoms with van der Waals surface area (Å²) in [5.74, 6) is 0.518. The number of carbonyl (C=O) groups is 2. The SMILES string of the molecule is O=C(CN1CCC(C(=O)N2CCCCCC2)CC1)Nc1ccc(N2CCCCCC2)cc1. The summed E-state index contributed by atoms with van der Waals surface area (Å²) < 4.78 is 0. The van der Waals surface area contributed by atoms with E-state index in [1.165, 1.54) is 44.2 Å². The van der Waals surface area contributed by atoms with Gasteiger partial charge in [-0.15, -0.1) is 0 Å². The molecule has 3 heterocycles. The van der Waals surface area contributed by atoms with Crippen molar-refractivity contribution in [3.8, 4) is 0 Å². The number of carbonyl (C=O) groups excluding carboxylic acids is 2. The molecule has 0 aliphatic carbocycles. The summed E-state index contributed by atoms with van der Waals surface area (Å²) in [6.45, 7) is 6.16. The first-order chi connectivity index (χ1) is 15.7. The van der Waals surface area contributed by atoms with Crippen LogP contribution in [0.15, 0.2) is 24.3 Å². The summed E-state index contributed by atoms with van der Waals surface area (Å²) in [5.41, 5.74) is 2.11. The summed E-state index contributed by atoms with van der Waals surface area (Å²) in [6.07, 6.45) is 11.7. The van der Waals surface area contributed by atoms with Gasteiger partial charge in [-0.25, -0.2) is 0 Å². The van der Waals surface area contributed by atoms with E-state index in [4.69, 9.17) is 0 Å². The molecule has 3 aliphatic rings. The van der Waals surface area contributed by atoms with Gasteiger partial charge in [-0.05, 0) is 75.9 Å². The van der Waals surface area contributed by atoms with Gasteiger partial charge >= 0.3 is 0 Å². The molecule has 3 saturated heterocycles. The summed E-state index contributed by atoms with van der Waals surface area (Å²) in [6, 6.07) is 8.29. The Labute approximate surface area is 193 Å². The van der Waals surface area contributed by atoms with E-state index in [-0.39, 0.29) is 11.8 Å². The average Bonchev–Trinajstić information content (AvgIpc) is 3.25. The van der Waals surface area contributed by atoms with E-state index < -0.39 is 0 Å². The molecule has 32 heavy (non-hydrogen) atoms. The van der Waals surface area contributed by atoms with Crippen LogP contribution in [0.2, 0.25) is 0 Å². The fraction of sp³-hybridized carbons (Fsp3) is 0.692. The first-order valence-electron chi connectivity index (χ1n) is 12.8. The highest BCUT2D eigenvalue weighted by atomic mass is 16.2. The molecular formula is C26H40N4O2. The first kappa shape index (κ1) is 23.1. The zero-order valence-electron chi connectivity index (χ0n) is 19.6. The van der Waals surface area contributed by atoms with E-state index >= 15 is 0 Å². The maximum absolute atomic E-state index is 12.9. The minimum Gasteiger partial charge on any atom is -0.372 e. The lowest BCUT2D eigenvalue weighted by molar-refractivity contribution is -0.137. The van der Waals surface area contributed by atoms with Crippen LogP contribution in [0, 0.1) is 5.92 Å². The molecule has 1 aromatic rings. The molecule has 0 bridgehead atoms. The topological polar surface area (TPSA) is 55.9 Å². The number of nitrogens with zero attached hydrogens (tertiary/aromatic N) is 3. The smallest absolute Gasteiger partial charge is 0.238 e. The lowest BCUT2D eigenvalue weighted by atomic mass is 9.95. The van der Waals surface area contributed by atoms with E-state index in [9.17, 15) is 9.59 Å². The molecule has 4 rings (SSSR count). The lowest BCUT2D eigenvalue weighted by Gasteiger charge is -2.33. The fourth-order valence-electron chi connectivity index (χ4n) is 5.38. The summed E-state index contributed by atoms with van der Waals surface area (Å²) in [5, 5.41) is 3.05. The van der Waals surface area contributed by atoms with Crippen molar-refractivity contribution in [3.63, 3.8) is 0 Å². The van der Waals surface area contributed by atoms with Gasteiger partial charge in [0, 0.05) is 43.5 Å². The van der Waals surface area contributed by atoms with Crippen LogP contribution >= 0.6 is 0 Å². The molecule has 6 heteroatoms. The van der Waals surface area contributed by atoms with Crippen LogP contribution < -0.4 is 10.2 Å². The number of benzene rings is 1. The zero-order chi connectivity index (χ0) is 22.2. The molecule has 0 unspecified atom stereocenters. The summed E-state index contributed by atoms with van der Waals surface area (Å²) >= 11 is 0. The molecule has 176 valence electrons. The second kappa shape index (κ2) is 11.7. The third-order valence-corrected chi connectivity index (χ3v) is 7.34. The van der Waals surface area contributed by atoms with Crippen LogP contribution in [0.1, 0.15) is 64.2 Å². The molecule has 0 radical (unpaired) electrons. The van der Waals surface area contributed by atoms with Crippen molar-refractivity contribution in [2.75, 3.05) is 56.0 Å². The first-order valence-corrected chi connectivity index (χ1v) is 12.8. The number of likely N-dealkylation sites (tertiary alicyclic amines) is 2. The maximum Gasteiger partial charge on any atom is 0.238 e. The van der Waals surface area contributed by atoms with E-state index in [0.29, 0.717) is 12.5 Å². The van der Waals surface area contributed by atoms with Crippen LogP contribution in [0.25, 0.3) is 0 Å².